The van der Waals surface area contributed by atoms with Gasteiger partial charge in [-0.2, -0.15) is 0 Å². The van der Waals surface area contributed by atoms with Crippen molar-refractivity contribution in [3.63, 3.8) is 0 Å². The molecule has 1 saturated carbocycles. The number of unbranched alkanes of at least 4 members (excludes halogenated alkanes) is 1. The minimum absolute atomic E-state index is 0.498. The minimum atomic E-state index is -0.706. The molecule has 15 heavy (non-hydrogen) atoms. The molecule has 1 aliphatic rings. The number of carbonyl (C=O) groups is 1. The maximum atomic E-state index is 10.8. The van der Waals surface area contributed by atoms with Crippen LogP contribution in [0.5, 0.6) is 0 Å². The quantitative estimate of drug-likeness (QED) is 0.663. The van der Waals surface area contributed by atoms with E-state index < -0.39 is 11.4 Å². The number of rotatable bonds is 7. The van der Waals surface area contributed by atoms with Gasteiger partial charge in [0, 0.05) is 6.61 Å². The van der Waals surface area contributed by atoms with Crippen LogP contribution in [0.4, 0.5) is 0 Å². The van der Waals surface area contributed by atoms with Crippen molar-refractivity contribution in [2.45, 2.75) is 58.5 Å². The molecule has 0 heterocycles. The highest BCUT2D eigenvalue weighted by molar-refractivity contribution is 5.73. The number of hydrogen-bond donors (Lipinski definition) is 1. The summed E-state index contributed by atoms with van der Waals surface area (Å²) >= 11 is 0. The van der Waals surface area contributed by atoms with Gasteiger partial charge in [0.2, 0.25) is 0 Å². The van der Waals surface area contributed by atoms with Crippen LogP contribution in [0.25, 0.3) is 0 Å². The van der Waals surface area contributed by atoms with Crippen molar-refractivity contribution in [1.29, 1.82) is 0 Å². The van der Waals surface area contributed by atoms with E-state index in [9.17, 15) is 4.79 Å². The van der Waals surface area contributed by atoms with E-state index in [0.717, 1.165) is 25.9 Å². The largest absolute Gasteiger partial charge is 0.481 e. The van der Waals surface area contributed by atoms with E-state index in [2.05, 4.69) is 0 Å². The Morgan fingerprint density at radius 2 is 2.07 bits per heavy atom. The molecule has 0 bridgehead atoms. The van der Waals surface area contributed by atoms with Gasteiger partial charge in [-0.3, -0.25) is 4.79 Å². The molecule has 88 valence electrons. The lowest BCUT2D eigenvalue weighted by atomic mass is 9.87. The van der Waals surface area contributed by atoms with Gasteiger partial charge in [-0.1, -0.05) is 6.42 Å². The van der Waals surface area contributed by atoms with Gasteiger partial charge >= 0.3 is 5.97 Å². The van der Waals surface area contributed by atoms with Crippen LogP contribution in [0.15, 0.2) is 0 Å². The highest BCUT2D eigenvalue weighted by atomic mass is 16.5. The van der Waals surface area contributed by atoms with E-state index in [1.54, 1.807) is 13.8 Å². The molecule has 0 atom stereocenters. The summed E-state index contributed by atoms with van der Waals surface area (Å²) in [4.78, 5) is 10.8. The predicted octanol–water partition coefficient (Wildman–Crippen LogP) is 2.84. The smallest absolute Gasteiger partial charge is 0.309 e. The second-order valence-corrected chi connectivity index (χ2v) is 5.07. The lowest BCUT2D eigenvalue weighted by molar-refractivity contribution is -0.147. The Hall–Kier alpha value is -0.570. The Kier molecular flexibility index (Phi) is 4.58. The van der Waals surface area contributed by atoms with Gasteiger partial charge in [-0.25, -0.2) is 0 Å². The molecular formula is C12H22O3. The molecule has 1 N–H and O–H groups in total. The molecule has 0 saturated heterocycles. The van der Waals surface area contributed by atoms with Crippen molar-refractivity contribution >= 4 is 5.97 Å². The van der Waals surface area contributed by atoms with Gasteiger partial charge in [0.05, 0.1) is 11.5 Å². The predicted molar refractivity (Wildman–Crippen MR) is 58.9 cm³/mol. The molecule has 0 radical (unpaired) electrons. The van der Waals surface area contributed by atoms with Crippen LogP contribution < -0.4 is 0 Å². The molecule has 3 nitrogen and oxygen atoms in total. The van der Waals surface area contributed by atoms with Crippen molar-refractivity contribution in [1.82, 2.24) is 0 Å². The summed E-state index contributed by atoms with van der Waals surface area (Å²) in [5.41, 5.74) is -0.587. The lowest BCUT2D eigenvalue weighted by Gasteiger charge is -2.25. The van der Waals surface area contributed by atoms with Crippen LogP contribution in [0.3, 0.4) is 0 Å². The summed E-state index contributed by atoms with van der Waals surface area (Å²) in [6.45, 7) is 4.35. The fraction of sp³-hybridized carbons (Fsp3) is 0.917. The molecule has 1 rings (SSSR count). The van der Waals surface area contributed by atoms with E-state index in [4.69, 9.17) is 9.84 Å². The summed E-state index contributed by atoms with van der Waals surface area (Å²) < 4.78 is 5.61. The van der Waals surface area contributed by atoms with Crippen molar-refractivity contribution in [2.24, 2.45) is 5.41 Å². The topological polar surface area (TPSA) is 46.5 Å². The number of ether oxygens (including phenoxy) is 1. The fourth-order valence-electron chi connectivity index (χ4n) is 1.56. The van der Waals surface area contributed by atoms with Gasteiger partial charge in [0.15, 0.2) is 0 Å². The summed E-state index contributed by atoms with van der Waals surface area (Å²) in [6.07, 6.45) is 6.87. The highest BCUT2D eigenvalue weighted by Gasteiger charge is 2.26. The zero-order chi connectivity index (χ0) is 11.3. The highest BCUT2D eigenvalue weighted by Crippen LogP contribution is 2.24. The first kappa shape index (κ1) is 12.5. The summed E-state index contributed by atoms with van der Waals surface area (Å²) in [5, 5.41) is 8.90. The second kappa shape index (κ2) is 5.50. The standard InChI is InChI=1S/C12H22O3/c1-12(2,11(13)14)8-3-4-9-15-10-6-5-7-10/h10H,3-9H2,1-2H3,(H,13,14). The molecular weight excluding hydrogens is 192 g/mol. The van der Waals surface area contributed by atoms with Gasteiger partial charge in [0.25, 0.3) is 0 Å². The Labute approximate surface area is 91.8 Å². The molecule has 0 aromatic heterocycles. The van der Waals surface area contributed by atoms with Crippen molar-refractivity contribution in [3.05, 3.63) is 0 Å². The molecule has 3 heteroatoms. The van der Waals surface area contributed by atoms with Gasteiger partial charge in [0.1, 0.15) is 0 Å². The molecule has 0 aromatic rings. The SMILES string of the molecule is CC(C)(CCCCOC1CCC1)C(=O)O. The third kappa shape index (κ3) is 4.20. The zero-order valence-electron chi connectivity index (χ0n) is 9.79. The Bertz CT molecular complexity index is 207. The third-order valence-corrected chi connectivity index (χ3v) is 3.18. The van der Waals surface area contributed by atoms with E-state index >= 15 is 0 Å². The van der Waals surface area contributed by atoms with E-state index in [1.807, 2.05) is 0 Å². The van der Waals surface area contributed by atoms with E-state index in [0.29, 0.717) is 6.10 Å². The lowest BCUT2D eigenvalue weighted by Crippen LogP contribution is -2.24. The molecule has 0 aliphatic heterocycles. The first-order valence-electron chi connectivity index (χ1n) is 5.87. The molecule has 1 fully saturated rings. The van der Waals surface area contributed by atoms with E-state index in [1.165, 1.54) is 19.3 Å². The maximum Gasteiger partial charge on any atom is 0.309 e. The summed E-state index contributed by atoms with van der Waals surface area (Å²) in [6, 6.07) is 0. The summed E-state index contributed by atoms with van der Waals surface area (Å²) in [5.74, 6) is -0.706. The number of carboxylic acids is 1. The van der Waals surface area contributed by atoms with Crippen LogP contribution in [-0.2, 0) is 9.53 Å². The average Bonchev–Trinajstić information content (AvgIpc) is 2.07. The van der Waals surface area contributed by atoms with Crippen LogP contribution in [0.2, 0.25) is 0 Å². The Balaban J connectivity index is 1.98. The second-order valence-electron chi connectivity index (χ2n) is 5.07. The first-order valence-corrected chi connectivity index (χ1v) is 5.87. The van der Waals surface area contributed by atoms with E-state index in [-0.39, 0.29) is 0 Å². The van der Waals surface area contributed by atoms with Crippen molar-refractivity contribution in [3.8, 4) is 0 Å². The molecule has 1 aliphatic carbocycles. The van der Waals surface area contributed by atoms with Crippen LogP contribution in [0, 0.1) is 5.41 Å². The normalized spacial score (nSPS) is 17.5. The number of aliphatic carboxylic acids is 1. The molecule has 0 aromatic carbocycles. The maximum absolute atomic E-state index is 10.8. The third-order valence-electron chi connectivity index (χ3n) is 3.18. The van der Waals surface area contributed by atoms with Crippen molar-refractivity contribution in [2.75, 3.05) is 6.61 Å². The first-order chi connectivity index (χ1) is 7.02. The molecule has 0 spiro atoms. The summed E-state index contributed by atoms with van der Waals surface area (Å²) in [7, 11) is 0. The minimum Gasteiger partial charge on any atom is -0.481 e. The monoisotopic (exact) mass is 214 g/mol. The fourth-order valence-corrected chi connectivity index (χ4v) is 1.56. The average molecular weight is 214 g/mol. The number of hydrogen-bond acceptors (Lipinski definition) is 2. The van der Waals surface area contributed by atoms with Gasteiger partial charge in [-0.15, -0.1) is 0 Å². The Morgan fingerprint density at radius 3 is 2.53 bits per heavy atom. The Morgan fingerprint density at radius 1 is 1.40 bits per heavy atom. The van der Waals surface area contributed by atoms with Gasteiger partial charge < -0.3 is 9.84 Å². The molecule has 0 unspecified atom stereocenters. The van der Waals surface area contributed by atoms with Crippen LogP contribution in [0.1, 0.15) is 52.4 Å². The van der Waals surface area contributed by atoms with Gasteiger partial charge in [-0.05, 0) is 46.0 Å². The van der Waals surface area contributed by atoms with Crippen LogP contribution in [-0.4, -0.2) is 23.8 Å². The van der Waals surface area contributed by atoms with Crippen molar-refractivity contribution < 1.29 is 14.6 Å². The van der Waals surface area contributed by atoms with Crippen LogP contribution >= 0.6 is 0 Å². The number of carboxylic acid groups (broad SMARTS) is 1. The zero-order valence-corrected chi connectivity index (χ0v) is 9.79. The molecule has 0 amide bonds.